The van der Waals surface area contributed by atoms with Gasteiger partial charge >= 0.3 is 0 Å². The van der Waals surface area contributed by atoms with Crippen LogP contribution in [0.4, 0.5) is 5.69 Å². The van der Waals surface area contributed by atoms with E-state index in [0.717, 1.165) is 25.3 Å². The average molecular weight is 251 g/mol. The maximum atomic E-state index is 5.91. The molecule has 1 aromatic rings. The Morgan fingerprint density at radius 2 is 2.18 bits per heavy atom. The highest BCUT2D eigenvalue weighted by Crippen LogP contribution is 2.34. The number of aromatic nitrogens is 1. The summed E-state index contributed by atoms with van der Waals surface area (Å²) in [6, 6.07) is 4.26. The van der Waals surface area contributed by atoms with E-state index in [4.69, 9.17) is 5.73 Å². The minimum Gasteiger partial charge on any atom is -0.371 e. The van der Waals surface area contributed by atoms with Gasteiger partial charge in [-0.2, -0.15) is 11.8 Å². The average Bonchev–Trinajstić information content (AvgIpc) is 2.39. The highest BCUT2D eigenvalue weighted by Gasteiger charge is 2.32. The van der Waals surface area contributed by atoms with Crippen LogP contribution in [0.5, 0.6) is 0 Å². The molecule has 1 aliphatic rings. The Kier molecular flexibility index (Phi) is 3.94. The molecule has 1 saturated heterocycles. The predicted molar refractivity (Wildman–Crippen MR) is 75.7 cm³/mol. The number of hydrogen-bond acceptors (Lipinski definition) is 4. The van der Waals surface area contributed by atoms with Gasteiger partial charge in [0.2, 0.25) is 0 Å². The fourth-order valence-electron chi connectivity index (χ4n) is 2.39. The van der Waals surface area contributed by atoms with Gasteiger partial charge in [-0.1, -0.05) is 0 Å². The maximum absolute atomic E-state index is 5.91. The molecule has 0 bridgehead atoms. The molecule has 2 heterocycles. The van der Waals surface area contributed by atoms with Crippen molar-refractivity contribution >= 4 is 17.4 Å². The normalized spacial score (nSPS) is 19.4. The highest BCUT2D eigenvalue weighted by molar-refractivity contribution is 8.00. The van der Waals surface area contributed by atoms with Gasteiger partial charge in [-0.05, 0) is 38.2 Å². The Hall–Kier alpha value is -0.740. The van der Waals surface area contributed by atoms with E-state index in [0.29, 0.717) is 4.75 Å². The summed E-state index contributed by atoms with van der Waals surface area (Å²) in [5.41, 5.74) is 8.29. The van der Waals surface area contributed by atoms with Crippen molar-refractivity contribution in [3.8, 4) is 0 Å². The van der Waals surface area contributed by atoms with Crippen molar-refractivity contribution < 1.29 is 0 Å². The van der Waals surface area contributed by atoms with Crippen LogP contribution in [0.1, 0.15) is 18.5 Å². The fourth-order valence-corrected chi connectivity index (χ4v) is 3.15. The minimum absolute atomic E-state index is 0.304. The molecule has 0 aromatic carbocycles. The summed E-state index contributed by atoms with van der Waals surface area (Å²) in [4.78, 5) is 6.69. The van der Waals surface area contributed by atoms with Crippen molar-refractivity contribution in [2.45, 2.75) is 24.5 Å². The van der Waals surface area contributed by atoms with Gasteiger partial charge in [0.25, 0.3) is 0 Å². The predicted octanol–water partition coefficient (Wildman–Crippen LogP) is 2.05. The van der Waals surface area contributed by atoms with Crippen LogP contribution < -0.4 is 10.6 Å². The van der Waals surface area contributed by atoms with E-state index in [1.807, 2.05) is 24.9 Å². The van der Waals surface area contributed by atoms with Gasteiger partial charge in [0.1, 0.15) is 0 Å². The second kappa shape index (κ2) is 5.27. The number of piperidine rings is 1. The Balaban J connectivity index is 2.04. The van der Waals surface area contributed by atoms with E-state index in [1.54, 1.807) is 0 Å². The summed E-state index contributed by atoms with van der Waals surface area (Å²) in [7, 11) is 0. The molecule has 0 unspecified atom stereocenters. The van der Waals surface area contributed by atoms with Gasteiger partial charge in [0, 0.05) is 42.0 Å². The molecule has 1 aliphatic heterocycles. The van der Waals surface area contributed by atoms with Crippen LogP contribution >= 0.6 is 11.8 Å². The summed E-state index contributed by atoms with van der Waals surface area (Å²) in [5, 5.41) is 0. The van der Waals surface area contributed by atoms with Crippen LogP contribution in [-0.2, 0) is 0 Å². The monoisotopic (exact) mass is 251 g/mol. The van der Waals surface area contributed by atoms with E-state index < -0.39 is 0 Å². The lowest BCUT2D eigenvalue weighted by Gasteiger charge is -2.41. The molecule has 0 spiro atoms. The van der Waals surface area contributed by atoms with Crippen LogP contribution in [0.25, 0.3) is 0 Å². The molecule has 1 fully saturated rings. The Labute approximate surface area is 108 Å². The molecule has 17 heavy (non-hydrogen) atoms. The van der Waals surface area contributed by atoms with E-state index in [-0.39, 0.29) is 0 Å². The number of nitrogens with two attached hydrogens (primary N) is 1. The molecule has 0 aliphatic carbocycles. The largest absolute Gasteiger partial charge is 0.371 e. The first-order chi connectivity index (χ1) is 8.19. The molecule has 2 rings (SSSR count). The smallest absolute Gasteiger partial charge is 0.0399 e. The van der Waals surface area contributed by atoms with E-state index in [2.05, 4.69) is 28.3 Å². The van der Waals surface area contributed by atoms with Crippen LogP contribution in [-0.4, -0.2) is 35.6 Å². The van der Waals surface area contributed by atoms with Crippen molar-refractivity contribution in [2.24, 2.45) is 5.73 Å². The summed E-state index contributed by atoms with van der Waals surface area (Å²) in [5.74, 6) is 0. The number of rotatable bonds is 3. The Bertz CT molecular complexity index is 367. The quantitative estimate of drug-likeness (QED) is 0.893. The lowest BCUT2D eigenvalue weighted by molar-refractivity contribution is 0.457. The fraction of sp³-hybridized carbons (Fsp3) is 0.615. The maximum Gasteiger partial charge on any atom is 0.0399 e. The minimum atomic E-state index is 0.304. The third-order valence-electron chi connectivity index (χ3n) is 3.73. The highest BCUT2D eigenvalue weighted by atomic mass is 32.2. The summed E-state index contributed by atoms with van der Waals surface area (Å²) < 4.78 is 0.304. The number of nitrogens with zero attached hydrogens (tertiary/aromatic N) is 2. The molecule has 1 aromatic heterocycles. The number of thioether (sulfide) groups is 1. The molecule has 0 atom stereocenters. The van der Waals surface area contributed by atoms with Gasteiger partial charge in [-0.15, -0.1) is 0 Å². The molecule has 4 heteroatoms. The Morgan fingerprint density at radius 3 is 2.71 bits per heavy atom. The molecule has 0 radical (unpaired) electrons. The Morgan fingerprint density at radius 1 is 1.47 bits per heavy atom. The van der Waals surface area contributed by atoms with Crippen molar-refractivity contribution in [2.75, 3.05) is 30.8 Å². The van der Waals surface area contributed by atoms with Gasteiger partial charge in [-0.25, -0.2) is 0 Å². The first-order valence-corrected chi connectivity index (χ1v) is 7.34. The molecule has 94 valence electrons. The SMILES string of the molecule is CSC1(CN)CCN(c2ccnc(C)c2)CC1. The van der Waals surface area contributed by atoms with E-state index >= 15 is 0 Å². The van der Waals surface area contributed by atoms with E-state index in [1.165, 1.54) is 18.5 Å². The third kappa shape index (κ3) is 2.75. The van der Waals surface area contributed by atoms with Crippen LogP contribution in [0.2, 0.25) is 0 Å². The molecule has 0 amide bonds. The van der Waals surface area contributed by atoms with Crippen LogP contribution in [0, 0.1) is 6.92 Å². The van der Waals surface area contributed by atoms with Crippen molar-refractivity contribution in [3.63, 3.8) is 0 Å². The zero-order valence-electron chi connectivity index (χ0n) is 10.6. The lowest BCUT2D eigenvalue weighted by atomic mass is 9.95. The topological polar surface area (TPSA) is 42.1 Å². The standard InChI is InChI=1S/C13H21N3S/c1-11-9-12(3-6-15-11)16-7-4-13(10-14,17-2)5-8-16/h3,6,9H,4-5,7-8,10,14H2,1-2H3. The van der Waals surface area contributed by atoms with Crippen LogP contribution in [0.15, 0.2) is 18.3 Å². The molecular weight excluding hydrogens is 230 g/mol. The summed E-state index contributed by atoms with van der Waals surface area (Å²) >= 11 is 1.93. The number of hydrogen-bond donors (Lipinski definition) is 1. The first kappa shape index (κ1) is 12.7. The zero-order chi connectivity index (χ0) is 12.3. The van der Waals surface area contributed by atoms with Crippen molar-refractivity contribution in [3.05, 3.63) is 24.0 Å². The van der Waals surface area contributed by atoms with Gasteiger partial charge in [-0.3, -0.25) is 4.98 Å². The van der Waals surface area contributed by atoms with Gasteiger partial charge in [0.05, 0.1) is 0 Å². The second-order valence-corrected chi connectivity index (χ2v) is 6.01. The molecule has 0 saturated carbocycles. The third-order valence-corrected chi connectivity index (χ3v) is 5.17. The molecule has 2 N–H and O–H groups in total. The summed E-state index contributed by atoms with van der Waals surface area (Å²) in [6.45, 7) is 5.03. The molecular formula is C13H21N3S. The van der Waals surface area contributed by atoms with Crippen molar-refractivity contribution in [1.82, 2.24) is 4.98 Å². The second-order valence-electron chi connectivity index (χ2n) is 4.73. The summed E-state index contributed by atoms with van der Waals surface area (Å²) in [6.07, 6.45) is 6.42. The molecule has 3 nitrogen and oxygen atoms in total. The van der Waals surface area contributed by atoms with Crippen LogP contribution in [0.3, 0.4) is 0 Å². The van der Waals surface area contributed by atoms with Crippen molar-refractivity contribution in [1.29, 1.82) is 0 Å². The number of anilines is 1. The first-order valence-electron chi connectivity index (χ1n) is 6.12. The lowest BCUT2D eigenvalue weighted by Crippen LogP contribution is -2.46. The van der Waals surface area contributed by atoms with Gasteiger partial charge < -0.3 is 10.6 Å². The number of aryl methyl sites for hydroxylation is 1. The van der Waals surface area contributed by atoms with E-state index in [9.17, 15) is 0 Å². The van der Waals surface area contributed by atoms with Gasteiger partial charge in [0.15, 0.2) is 0 Å². The zero-order valence-corrected chi connectivity index (χ0v) is 11.5. The number of pyridine rings is 1.